The number of nitrogens with zero attached hydrogens (tertiary/aromatic N) is 2. The SMILES string of the molecule is CCN1C(=O)C(=Nc2ccc3oc4ccccc4c3c2)c2ccccc21. The van der Waals surface area contributed by atoms with E-state index in [9.17, 15) is 4.79 Å². The highest BCUT2D eigenvalue weighted by Crippen LogP contribution is 2.34. The minimum absolute atomic E-state index is 0.0501. The van der Waals surface area contributed by atoms with Crippen LogP contribution in [-0.4, -0.2) is 18.2 Å². The van der Waals surface area contributed by atoms with E-state index >= 15 is 0 Å². The topological polar surface area (TPSA) is 45.8 Å². The Kier molecular flexibility index (Phi) is 3.19. The second-order valence-electron chi connectivity index (χ2n) is 6.31. The van der Waals surface area contributed by atoms with Crippen molar-refractivity contribution in [2.24, 2.45) is 4.99 Å². The van der Waals surface area contributed by atoms with Gasteiger partial charge in [-0.1, -0.05) is 36.4 Å². The van der Waals surface area contributed by atoms with Crippen LogP contribution in [0.5, 0.6) is 0 Å². The Morgan fingerprint density at radius 1 is 0.923 bits per heavy atom. The number of benzene rings is 3. The lowest BCUT2D eigenvalue weighted by Crippen LogP contribution is -2.29. The first kappa shape index (κ1) is 14.9. The van der Waals surface area contributed by atoms with E-state index in [1.807, 2.05) is 73.7 Å². The Labute approximate surface area is 150 Å². The van der Waals surface area contributed by atoms with Gasteiger partial charge in [-0.2, -0.15) is 0 Å². The number of hydrogen-bond donors (Lipinski definition) is 0. The molecule has 0 spiro atoms. The molecule has 126 valence electrons. The monoisotopic (exact) mass is 340 g/mol. The molecule has 0 atom stereocenters. The molecule has 3 aromatic carbocycles. The van der Waals surface area contributed by atoms with Gasteiger partial charge in [0, 0.05) is 22.9 Å². The van der Waals surface area contributed by atoms with Crippen LogP contribution in [0.15, 0.2) is 76.1 Å². The van der Waals surface area contributed by atoms with Crippen LogP contribution >= 0.6 is 0 Å². The summed E-state index contributed by atoms with van der Waals surface area (Å²) >= 11 is 0. The van der Waals surface area contributed by atoms with Gasteiger partial charge in [-0.25, -0.2) is 4.99 Å². The second-order valence-corrected chi connectivity index (χ2v) is 6.31. The third kappa shape index (κ3) is 2.09. The Balaban J connectivity index is 1.69. The van der Waals surface area contributed by atoms with Crippen molar-refractivity contribution in [2.75, 3.05) is 11.4 Å². The summed E-state index contributed by atoms with van der Waals surface area (Å²) in [6.45, 7) is 2.60. The number of fused-ring (bicyclic) bond motifs is 4. The molecule has 1 aromatic heterocycles. The van der Waals surface area contributed by atoms with Gasteiger partial charge in [0.05, 0.1) is 11.4 Å². The average Bonchev–Trinajstić information content (AvgIpc) is 3.17. The van der Waals surface area contributed by atoms with E-state index in [1.165, 1.54) is 0 Å². The van der Waals surface area contributed by atoms with E-state index in [1.54, 1.807) is 4.90 Å². The molecule has 4 heteroatoms. The first-order chi connectivity index (χ1) is 12.8. The Bertz CT molecular complexity index is 1200. The van der Waals surface area contributed by atoms with Gasteiger partial charge in [0.2, 0.25) is 0 Å². The van der Waals surface area contributed by atoms with Crippen molar-refractivity contribution >= 4 is 44.9 Å². The zero-order chi connectivity index (χ0) is 17.7. The lowest BCUT2D eigenvalue weighted by Gasteiger charge is -2.12. The van der Waals surface area contributed by atoms with Gasteiger partial charge in [0.15, 0.2) is 0 Å². The minimum atomic E-state index is -0.0501. The van der Waals surface area contributed by atoms with Gasteiger partial charge < -0.3 is 9.32 Å². The van der Waals surface area contributed by atoms with E-state index < -0.39 is 0 Å². The van der Waals surface area contributed by atoms with Gasteiger partial charge in [-0.3, -0.25) is 4.79 Å². The summed E-state index contributed by atoms with van der Waals surface area (Å²) in [6, 6.07) is 21.5. The maximum Gasteiger partial charge on any atom is 0.277 e. The van der Waals surface area contributed by atoms with Crippen LogP contribution in [0.4, 0.5) is 11.4 Å². The summed E-state index contributed by atoms with van der Waals surface area (Å²) in [5.74, 6) is -0.0501. The van der Waals surface area contributed by atoms with Gasteiger partial charge in [0.1, 0.15) is 16.9 Å². The lowest BCUT2D eigenvalue weighted by atomic mass is 10.1. The maximum atomic E-state index is 12.8. The average molecular weight is 340 g/mol. The molecule has 2 heterocycles. The number of hydrogen-bond acceptors (Lipinski definition) is 3. The smallest absolute Gasteiger partial charge is 0.277 e. The summed E-state index contributed by atoms with van der Waals surface area (Å²) in [5.41, 5.74) is 4.73. The predicted molar refractivity (Wildman–Crippen MR) is 104 cm³/mol. The number of likely N-dealkylation sites (N-methyl/N-ethyl adjacent to an activating group) is 1. The summed E-state index contributed by atoms with van der Waals surface area (Å²) in [7, 11) is 0. The van der Waals surface area contributed by atoms with E-state index in [-0.39, 0.29) is 5.91 Å². The summed E-state index contributed by atoms with van der Waals surface area (Å²) in [4.78, 5) is 19.3. The molecule has 0 saturated carbocycles. The zero-order valence-corrected chi connectivity index (χ0v) is 14.3. The van der Waals surface area contributed by atoms with Crippen molar-refractivity contribution in [3.05, 3.63) is 72.3 Å². The predicted octanol–water partition coefficient (Wildman–Crippen LogP) is 5.07. The van der Waals surface area contributed by atoms with Crippen LogP contribution < -0.4 is 4.90 Å². The molecule has 1 amide bonds. The molecule has 1 aliphatic heterocycles. The molecule has 0 aliphatic carbocycles. The number of carbonyl (C=O) groups excluding carboxylic acids is 1. The van der Waals surface area contributed by atoms with E-state index in [0.717, 1.165) is 38.9 Å². The summed E-state index contributed by atoms with van der Waals surface area (Å²) in [6.07, 6.45) is 0. The van der Waals surface area contributed by atoms with Crippen molar-refractivity contribution in [3.8, 4) is 0 Å². The number of amides is 1. The molecule has 1 aliphatic rings. The van der Waals surface area contributed by atoms with Crippen LogP contribution in [0.25, 0.3) is 21.9 Å². The first-order valence-electron chi connectivity index (χ1n) is 8.67. The minimum Gasteiger partial charge on any atom is -0.456 e. The highest BCUT2D eigenvalue weighted by Gasteiger charge is 2.32. The fourth-order valence-electron chi connectivity index (χ4n) is 3.60. The quantitative estimate of drug-likeness (QED) is 0.511. The molecule has 5 rings (SSSR count). The third-order valence-electron chi connectivity index (χ3n) is 4.82. The van der Waals surface area contributed by atoms with Crippen LogP contribution in [0.3, 0.4) is 0 Å². The van der Waals surface area contributed by atoms with Crippen LogP contribution in [0.1, 0.15) is 12.5 Å². The largest absolute Gasteiger partial charge is 0.456 e. The molecule has 0 saturated heterocycles. The second kappa shape index (κ2) is 5.56. The van der Waals surface area contributed by atoms with Gasteiger partial charge in [0.25, 0.3) is 5.91 Å². The molecule has 4 nitrogen and oxygen atoms in total. The van der Waals surface area contributed by atoms with E-state index in [4.69, 9.17) is 9.41 Å². The molecule has 4 aromatic rings. The van der Waals surface area contributed by atoms with Crippen molar-refractivity contribution < 1.29 is 9.21 Å². The fourth-order valence-corrected chi connectivity index (χ4v) is 3.60. The molecular weight excluding hydrogens is 324 g/mol. The number of aliphatic imine (C=N–C) groups is 1. The van der Waals surface area contributed by atoms with Crippen LogP contribution in [0.2, 0.25) is 0 Å². The molecule has 0 bridgehead atoms. The van der Waals surface area contributed by atoms with Crippen molar-refractivity contribution in [2.45, 2.75) is 6.92 Å². The van der Waals surface area contributed by atoms with Crippen molar-refractivity contribution in [1.82, 2.24) is 0 Å². The van der Waals surface area contributed by atoms with Crippen molar-refractivity contribution in [3.63, 3.8) is 0 Å². The molecule has 0 N–H and O–H groups in total. The Morgan fingerprint density at radius 2 is 1.69 bits per heavy atom. The normalized spacial score (nSPS) is 15.3. The van der Waals surface area contributed by atoms with E-state index in [2.05, 4.69) is 0 Å². The highest BCUT2D eigenvalue weighted by atomic mass is 16.3. The molecule has 0 unspecified atom stereocenters. The maximum absolute atomic E-state index is 12.8. The number of anilines is 1. The van der Waals surface area contributed by atoms with Gasteiger partial charge in [-0.05, 0) is 37.3 Å². The molecule has 0 radical (unpaired) electrons. The number of rotatable bonds is 2. The van der Waals surface area contributed by atoms with Gasteiger partial charge >= 0.3 is 0 Å². The number of carbonyl (C=O) groups is 1. The molecular formula is C22H16N2O2. The fraction of sp³-hybridized carbons (Fsp3) is 0.0909. The lowest BCUT2D eigenvalue weighted by molar-refractivity contribution is -0.112. The third-order valence-corrected chi connectivity index (χ3v) is 4.82. The van der Waals surface area contributed by atoms with Crippen LogP contribution in [-0.2, 0) is 4.79 Å². The first-order valence-corrected chi connectivity index (χ1v) is 8.67. The van der Waals surface area contributed by atoms with E-state index in [0.29, 0.717) is 12.3 Å². The molecule has 0 fully saturated rings. The Morgan fingerprint density at radius 3 is 2.58 bits per heavy atom. The zero-order valence-electron chi connectivity index (χ0n) is 14.3. The van der Waals surface area contributed by atoms with Crippen LogP contribution in [0, 0.1) is 0 Å². The Hall–Kier alpha value is -3.40. The number of para-hydroxylation sites is 2. The van der Waals surface area contributed by atoms with Crippen molar-refractivity contribution in [1.29, 1.82) is 0 Å². The number of furan rings is 1. The highest BCUT2D eigenvalue weighted by molar-refractivity contribution is 6.54. The molecule has 26 heavy (non-hydrogen) atoms. The van der Waals surface area contributed by atoms with Gasteiger partial charge in [-0.15, -0.1) is 0 Å². The summed E-state index contributed by atoms with van der Waals surface area (Å²) < 4.78 is 5.87. The summed E-state index contributed by atoms with van der Waals surface area (Å²) in [5, 5.41) is 2.06. The standard InChI is InChI=1S/C22H16N2O2/c1-2-24-18-9-5-3-8-16(18)21(22(24)25)23-14-11-12-20-17(13-14)15-7-4-6-10-19(15)26-20/h3-13H,2H2,1H3.